The van der Waals surface area contributed by atoms with E-state index < -0.39 is 0 Å². The van der Waals surface area contributed by atoms with Crippen LogP contribution in [-0.2, 0) is 5.41 Å². The van der Waals surface area contributed by atoms with Crippen molar-refractivity contribution in [3.05, 3.63) is 175 Å². The lowest BCUT2D eigenvalue weighted by Crippen LogP contribution is -2.20. The van der Waals surface area contributed by atoms with E-state index in [1.807, 2.05) is 18.2 Å². The van der Waals surface area contributed by atoms with Crippen molar-refractivity contribution >= 4 is 21.9 Å². The third-order valence-corrected chi connectivity index (χ3v) is 11.7. The smallest absolute Gasteiger partial charge is 0.164 e. The SMILES string of the molecule is c1ccc(-c2ccc(-c3nc(-c4ccc5c(c4)oc4cccc(-c6ccccc6)c45)nc(-c4cccc5c4-c4ccccc4C54CCCC4)n3)cc2)cc1. The number of hydrogen-bond donors (Lipinski definition) is 0. The number of fused-ring (bicyclic) bond motifs is 8. The Hall–Kier alpha value is -6.65. The average molecular weight is 694 g/mol. The fourth-order valence-corrected chi connectivity index (χ4v) is 9.23. The predicted octanol–water partition coefficient (Wildman–Crippen LogP) is 12.9. The lowest BCUT2D eigenvalue weighted by Gasteiger charge is -2.26. The summed E-state index contributed by atoms with van der Waals surface area (Å²) in [7, 11) is 0. The van der Waals surface area contributed by atoms with Crippen LogP contribution in [0.3, 0.4) is 0 Å². The van der Waals surface area contributed by atoms with Gasteiger partial charge in [0, 0.05) is 32.9 Å². The number of rotatable bonds is 5. The Morgan fingerprint density at radius 3 is 1.78 bits per heavy atom. The Balaban J connectivity index is 1.10. The molecule has 4 nitrogen and oxygen atoms in total. The minimum atomic E-state index is 0.0544. The first-order chi connectivity index (χ1) is 26.7. The summed E-state index contributed by atoms with van der Waals surface area (Å²) in [6.45, 7) is 0. The molecule has 1 spiro atoms. The number of hydrogen-bond acceptors (Lipinski definition) is 4. The van der Waals surface area contributed by atoms with Crippen LogP contribution in [-0.4, -0.2) is 15.0 Å². The van der Waals surface area contributed by atoms with Crippen LogP contribution in [0.15, 0.2) is 168 Å². The van der Waals surface area contributed by atoms with Crippen molar-refractivity contribution in [1.29, 1.82) is 0 Å². The minimum Gasteiger partial charge on any atom is -0.456 e. The van der Waals surface area contributed by atoms with Crippen LogP contribution in [0.4, 0.5) is 0 Å². The zero-order valence-electron chi connectivity index (χ0n) is 29.7. The van der Waals surface area contributed by atoms with Crippen molar-refractivity contribution in [2.75, 3.05) is 0 Å². The van der Waals surface area contributed by atoms with Gasteiger partial charge < -0.3 is 4.42 Å². The van der Waals surface area contributed by atoms with E-state index in [1.54, 1.807) is 0 Å². The molecule has 2 heterocycles. The van der Waals surface area contributed by atoms with Crippen molar-refractivity contribution in [2.45, 2.75) is 31.1 Å². The summed E-state index contributed by atoms with van der Waals surface area (Å²) in [5.74, 6) is 1.94. The maximum Gasteiger partial charge on any atom is 0.164 e. The average Bonchev–Trinajstić information content (AvgIpc) is 3.96. The third-order valence-electron chi connectivity index (χ3n) is 11.7. The Kier molecular flexibility index (Phi) is 6.99. The molecule has 0 radical (unpaired) electrons. The molecule has 9 aromatic rings. The molecule has 11 rings (SSSR count). The highest BCUT2D eigenvalue weighted by Gasteiger charge is 2.45. The highest BCUT2D eigenvalue weighted by molar-refractivity contribution is 6.13. The molecule has 0 saturated heterocycles. The summed E-state index contributed by atoms with van der Waals surface area (Å²) >= 11 is 0. The van der Waals surface area contributed by atoms with E-state index in [0.29, 0.717) is 17.5 Å². The zero-order chi connectivity index (χ0) is 35.6. The molecule has 256 valence electrons. The van der Waals surface area contributed by atoms with E-state index in [9.17, 15) is 0 Å². The molecule has 1 saturated carbocycles. The predicted molar refractivity (Wildman–Crippen MR) is 219 cm³/mol. The van der Waals surface area contributed by atoms with Gasteiger partial charge in [0.05, 0.1) is 0 Å². The molecule has 7 aromatic carbocycles. The van der Waals surface area contributed by atoms with Gasteiger partial charge in [-0.15, -0.1) is 0 Å². The van der Waals surface area contributed by atoms with Gasteiger partial charge in [0.25, 0.3) is 0 Å². The van der Waals surface area contributed by atoms with Gasteiger partial charge in [-0.25, -0.2) is 15.0 Å². The molecule has 0 amide bonds. The van der Waals surface area contributed by atoms with E-state index >= 15 is 0 Å². The maximum absolute atomic E-state index is 6.54. The lowest BCUT2D eigenvalue weighted by molar-refractivity contribution is 0.550. The van der Waals surface area contributed by atoms with Gasteiger partial charge in [-0.3, -0.25) is 0 Å². The Bertz CT molecular complexity index is 2870. The van der Waals surface area contributed by atoms with Gasteiger partial charge in [0.15, 0.2) is 17.5 Å². The van der Waals surface area contributed by atoms with Crippen LogP contribution in [0.5, 0.6) is 0 Å². The molecule has 0 N–H and O–H groups in total. The molecule has 2 aromatic heterocycles. The highest BCUT2D eigenvalue weighted by Crippen LogP contribution is 2.58. The molecule has 54 heavy (non-hydrogen) atoms. The lowest BCUT2D eigenvalue weighted by atomic mass is 9.76. The van der Waals surface area contributed by atoms with Gasteiger partial charge in [0.2, 0.25) is 0 Å². The van der Waals surface area contributed by atoms with Gasteiger partial charge in [-0.1, -0.05) is 158 Å². The molecule has 0 aliphatic heterocycles. The monoisotopic (exact) mass is 693 g/mol. The molecule has 4 heteroatoms. The van der Waals surface area contributed by atoms with Crippen molar-refractivity contribution in [1.82, 2.24) is 15.0 Å². The van der Waals surface area contributed by atoms with Crippen LogP contribution in [0.2, 0.25) is 0 Å². The Labute approximate surface area is 313 Å². The highest BCUT2D eigenvalue weighted by atomic mass is 16.3. The van der Waals surface area contributed by atoms with E-state index in [1.165, 1.54) is 53.5 Å². The third kappa shape index (κ3) is 4.80. The normalized spacial score (nSPS) is 14.1. The molecule has 1 fully saturated rings. The minimum absolute atomic E-state index is 0.0544. The summed E-state index contributed by atoms with van der Waals surface area (Å²) < 4.78 is 6.54. The van der Waals surface area contributed by atoms with Gasteiger partial charge in [-0.2, -0.15) is 0 Å². The summed E-state index contributed by atoms with van der Waals surface area (Å²) in [6.07, 6.45) is 4.83. The topological polar surface area (TPSA) is 51.8 Å². The summed E-state index contributed by atoms with van der Waals surface area (Å²) in [4.78, 5) is 15.7. The Morgan fingerprint density at radius 2 is 0.981 bits per heavy atom. The van der Waals surface area contributed by atoms with Crippen LogP contribution >= 0.6 is 0 Å². The standard InChI is InChI=1S/C50H35N3O/c1-3-13-32(14-4-1)33-23-25-35(26-24-33)47-51-48(36-27-28-39-44(31-36)54-43-22-12-18-37(46(39)43)34-15-5-2-6-16-34)53-49(52-47)40-19-11-21-42-45(40)38-17-7-8-20-41(38)50(42)29-9-10-30-50/h1-8,11-28,31H,9-10,29-30H2. The van der Waals surface area contributed by atoms with Crippen LogP contribution in [0.1, 0.15) is 36.8 Å². The first kappa shape index (κ1) is 30.9. The molecular formula is C50H35N3O. The van der Waals surface area contributed by atoms with Gasteiger partial charge in [-0.05, 0) is 75.5 Å². The largest absolute Gasteiger partial charge is 0.456 e. The summed E-state index contributed by atoms with van der Waals surface area (Å²) in [5.41, 5.74) is 14.7. The van der Waals surface area contributed by atoms with E-state index in [2.05, 4.69) is 146 Å². The molecular weight excluding hydrogens is 659 g/mol. The number of furan rings is 1. The fraction of sp³-hybridized carbons (Fsp3) is 0.100. The molecule has 2 aliphatic rings. The second kappa shape index (κ2) is 12.2. The second-order valence-corrected chi connectivity index (χ2v) is 14.7. The van der Waals surface area contributed by atoms with Crippen LogP contribution in [0.25, 0.3) is 89.5 Å². The second-order valence-electron chi connectivity index (χ2n) is 14.7. The number of nitrogens with zero attached hydrogens (tertiary/aromatic N) is 3. The van der Waals surface area contributed by atoms with Crippen molar-refractivity contribution in [3.63, 3.8) is 0 Å². The maximum atomic E-state index is 6.54. The molecule has 0 bridgehead atoms. The zero-order valence-corrected chi connectivity index (χ0v) is 29.7. The van der Waals surface area contributed by atoms with Gasteiger partial charge >= 0.3 is 0 Å². The molecule has 2 aliphatic carbocycles. The van der Waals surface area contributed by atoms with Crippen LogP contribution in [0, 0.1) is 0 Å². The van der Waals surface area contributed by atoms with E-state index in [0.717, 1.165) is 55.3 Å². The molecule has 0 atom stereocenters. The number of benzene rings is 7. The van der Waals surface area contributed by atoms with Gasteiger partial charge in [0.1, 0.15) is 11.2 Å². The first-order valence-electron chi connectivity index (χ1n) is 18.9. The van der Waals surface area contributed by atoms with Crippen LogP contribution < -0.4 is 0 Å². The van der Waals surface area contributed by atoms with Crippen molar-refractivity contribution in [2.24, 2.45) is 0 Å². The van der Waals surface area contributed by atoms with Crippen molar-refractivity contribution in [3.8, 4) is 67.5 Å². The van der Waals surface area contributed by atoms with E-state index in [4.69, 9.17) is 19.4 Å². The summed E-state index contributed by atoms with van der Waals surface area (Å²) in [5, 5.41) is 2.18. The number of aromatic nitrogens is 3. The summed E-state index contributed by atoms with van der Waals surface area (Å²) in [6, 6.07) is 57.9. The van der Waals surface area contributed by atoms with Crippen molar-refractivity contribution < 1.29 is 4.42 Å². The molecule has 0 unspecified atom stereocenters. The quantitative estimate of drug-likeness (QED) is 0.180. The first-order valence-corrected chi connectivity index (χ1v) is 18.9. The van der Waals surface area contributed by atoms with E-state index in [-0.39, 0.29) is 5.41 Å². The Morgan fingerprint density at radius 1 is 0.407 bits per heavy atom. The fourth-order valence-electron chi connectivity index (χ4n) is 9.23.